The van der Waals surface area contributed by atoms with Gasteiger partial charge < -0.3 is 5.32 Å². The Morgan fingerprint density at radius 3 is 2.90 bits per heavy atom. The summed E-state index contributed by atoms with van der Waals surface area (Å²) in [5.41, 5.74) is 5.00. The molecular formula is C20H26N8O. The van der Waals surface area contributed by atoms with Gasteiger partial charge in [-0.25, -0.2) is 4.68 Å². The molecule has 0 saturated carbocycles. The number of nitrogens with one attached hydrogen (secondary N) is 1. The first kappa shape index (κ1) is 19.3. The van der Waals surface area contributed by atoms with Crippen LogP contribution in [-0.4, -0.2) is 53.4 Å². The molecule has 3 heterocycles. The van der Waals surface area contributed by atoms with Crippen molar-refractivity contribution in [2.45, 2.75) is 52.7 Å². The van der Waals surface area contributed by atoms with Crippen LogP contribution in [0, 0.1) is 13.8 Å². The summed E-state index contributed by atoms with van der Waals surface area (Å²) in [4.78, 5) is 15.3. The predicted octanol–water partition coefficient (Wildman–Crippen LogP) is 2.10. The highest BCUT2D eigenvalue weighted by Crippen LogP contribution is 2.25. The number of anilines is 1. The van der Waals surface area contributed by atoms with E-state index in [1.807, 2.05) is 35.9 Å². The van der Waals surface area contributed by atoms with Crippen LogP contribution in [0.1, 0.15) is 36.7 Å². The van der Waals surface area contributed by atoms with Gasteiger partial charge in [-0.15, -0.1) is 5.10 Å². The van der Waals surface area contributed by atoms with Crippen LogP contribution in [0.2, 0.25) is 0 Å². The van der Waals surface area contributed by atoms with Gasteiger partial charge in [-0.2, -0.15) is 5.10 Å². The normalized spacial score (nSPS) is 17.0. The Bertz CT molecular complexity index is 994. The number of aromatic nitrogens is 6. The lowest BCUT2D eigenvalue weighted by atomic mass is 10.1. The average molecular weight is 394 g/mol. The summed E-state index contributed by atoms with van der Waals surface area (Å²) in [6, 6.07) is 7.38. The summed E-state index contributed by atoms with van der Waals surface area (Å²) in [5, 5.41) is 18.9. The first-order chi connectivity index (χ1) is 14.1. The van der Waals surface area contributed by atoms with E-state index in [9.17, 15) is 4.79 Å². The first-order valence-electron chi connectivity index (χ1n) is 9.98. The molecule has 1 aliphatic heterocycles. The second-order valence-electron chi connectivity index (χ2n) is 7.39. The van der Waals surface area contributed by atoms with E-state index >= 15 is 0 Å². The molecule has 0 radical (unpaired) electrons. The second-order valence-corrected chi connectivity index (χ2v) is 7.39. The van der Waals surface area contributed by atoms with Crippen LogP contribution in [0.15, 0.2) is 30.6 Å². The van der Waals surface area contributed by atoms with Gasteiger partial charge in [-0.3, -0.25) is 14.4 Å². The maximum absolute atomic E-state index is 13.0. The van der Waals surface area contributed by atoms with Gasteiger partial charge in [-0.05, 0) is 68.8 Å². The third kappa shape index (κ3) is 3.91. The molecule has 0 bridgehead atoms. The summed E-state index contributed by atoms with van der Waals surface area (Å²) in [7, 11) is 0. The maximum atomic E-state index is 13.0. The number of tetrazole rings is 1. The molecule has 0 unspecified atom stereocenters. The van der Waals surface area contributed by atoms with Crippen LogP contribution in [0.5, 0.6) is 0 Å². The Hall–Kier alpha value is -3.07. The van der Waals surface area contributed by atoms with E-state index in [-0.39, 0.29) is 11.9 Å². The van der Waals surface area contributed by atoms with Gasteiger partial charge in [0, 0.05) is 30.0 Å². The fourth-order valence-electron chi connectivity index (χ4n) is 4.02. The Kier molecular flexibility index (Phi) is 5.39. The number of likely N-dealkylation sites (tertiary alicyclic amines) is 1. The third-order valence-corrected chi connectivity index (χ3v) is 5.59. The van der Waals surface area contributed by atoms with Gasteiger partial charge in [0.25, 0.3) is 0 Å². The van der Waals surface area contributed by atoms with Gasteiger partial charge in [-0.1, -0.05) is 6.07 Å². The fraction of sp³-hybridized carbons (Fsp3) is 0.450. The zero-order valence-electron chi connectivity index (χ0n) is 17.0. The molecule has 1 fully saturated rings. The van der Waals surface area contributed by atoms with Crippen LogP contribution in [0.25, 0.3) is 5.69 Å². The summed E-state index contributed by atoms with van der Waals surface area (Å²) < 4.78 is 3.59. The summed E-state index contributed by atoms with van der Waals surface area (Å²) >= 11 is 0. The monoisotopic (exact) mass is 394 g/mol. The highest BCUT2D eigenvalue weighted by atomic mass is 16.2. The zero-order chi connectivity index (χ0) is 20.4. The molecule has 2 aromatic heterocycles. The molecule has 152 valence electrons. The lowest BCUT2D eigenvalue weighted by Crippen LogP contribution is -2.39. The van der Waals surface area contributed by atoms with Crippen molar-refractivity contribution >= 4 is 11.6 Å². The number of hydrogen-bond donors (Lipinski definition) is 1. The maximum Gasteiger partial charge on any atom is 0.241 e. The van der Waals surface area contributed by atoms with Gasteiger partial charge >= 0.3 is 0 Å². The molecule has 29 heavy (non-hydrogen) atoms. The molecule has 4 rings (SSSR count). The number of carbonyl (C=O) groups excluding carboxylic acids is 1. The number of aryl methyl sites for hydroxylation is 2. The zero-order valence-corrected chi connectivity index (χ0v) is 17.0. The minimum absolute atomic E-state index is 0.0227. The Morgan fingerprint density at radius 2 is 2.17 bits per heavy atom. The van der Waals surface area contributed by atoms with Crippen molar-refractivity contribution in [1.29, 1.82) is 0 Å². The van der Waals surface area contributed by atoms with Crippen LogP contribution >= 0.6 is 0 Å². The standard InChI is InChI=1S/C20H26N8O/c1-4-27-15(3)18(14(2)23-27)12-26-10-6-9-19(26)20(29)22-16-7-5-8-17(11-16)28-13-21-24-25-28/h5,7-8,11,13,19H,4,6,9-10,12H2,1-3H3,(H,22,29)/t19-/m0/s1. The van der Waals surface area contributed by atoms with Crippen molar-refractivity contribution in [3.63, 3.8) is 0 Å². The first-order valence-corrected chi connectivity index (χ1v) is 9.98. The molecule has 3 aromatic rings. The van der Waals surface area contributed by atoms with E-state index in [4.69, 9.17) is 0 Å². The summed E-state index contributed by atoms with van der Waals surface area (Å²) in [6.45, 7) is 8.77. The minimum Gasteiger partial charge on any atom is -0.325 e. The minimum atomic E-state index is -0.143. The number of nitrogens with zero attached hydrogens (tertiary/aromatic N) is 7. The summed E-state index contributed by atoms with van der Waals surface area (Å²) in [5.74, 6) is 0.0227. The van der Waals surface area contributed by atoms with Gasteiger partial charge in [0.05, 0.1) is 17.4 Å². The van der Waals surface area contributed by atoms with Crippen LogP contribution in [-0.2, 0) is 17.9 Å². The largest absolute Gasteiger partial charge is 0.325 e. The molecule has 1 aromatic carbocycles. The second kappa shape index (κ2) is 8.12. The van der Waals surface area contributed by atoms with E-state index < -0.39 is 0 Å². The SMILES string of the molecule is CCn1nc(C)c(CN2CCC[C@H]2C(=O)Nc2cccc(-n3cnnn3)c2)c1C. The number of amides is 1. The molecule has 1 saturated heterocycles. The number of benzene rings is 1. The Labute approximate surface area is 169 Å². The van der Waals surface area contributed by atoms with Crippen LogP contribution in [0.4, 0.5) is 5.69 Å². The molecule has 9 heteroatoms. The Balaban J connectivity index is 1.47. The van der Waals surface area contributed by atoms with Gasteiger partial charge in [0.1, 0.15) is 6.33 Å². The van der Waals surface area contributed by atoms with Crippen molar-refractivity contribution in [2.24, 2.45) is 0 Å². The third-order valence-electron chi connectivity index (χ3n) is 5.59. The van der Waals surface area contributed by atoms with Crippen molar-refractivity contribution in [1.82, 2.24) is 34.9 Å². The van der Waals surface area contributed by atoms with Gasteiger partial charge in [0.2, 0.25) is 5.91 Å². The van der Waals surface area contributed by atoms with Crippen molar-refractivity contribution in [3.05, 3.63) is 47.5 Å². The summed E-state index contributed by atoms with van der Waals surface area (Å²) in [6.07, 6.45) is 3.40. The molecule has 1 atom stereocenters. The molecule has 1 N–H and O–H groups in total. The molecule has 0 spiro atoms. The highest BCUT2D eigenvalue weighted by Gasteiger charge is 2.31. The fourth-order valence-corrected chi connectivity index (χ4v) is 4.02. The van der Waals surface area contributed by atoms with Crippen LogP contribution < -0.4 is 5.32 Å². The van der Waals surface area contributed by atoms with E-state index in [0.29, 0.717) is 0 Å². The van der Waals surface area contributed by atoms with E-state index in [2.05, 4.69) is 44.7 Å². The lowest BCUT2D eigenvalue weighted by Gasteiger charge is -2.24. The molecule has 1 aliphatic rings. The van der Waals surface area contributed by atoms with E-state index in [0.717, 1.165) is 49.5 Å². The quantitative estimate of drug-likeness (QED) is 0.688. The average Bonchev–Trinajstić information content (AvgIpc) is 3.46. The van der Waals surface area contributed by atoms with Crippen molar-refractivity contribution in [2.75, 3.05) is 11.9 Å². The Morgan fingerprint density at radius 1 is 1.31 bits per heavy atom. The molecule has 9 nitrogen and oxygen atoms in total. The van der Waals surface area contributed by atoms with E-state index in [1.165, 1.54) is 17.6 Å². The van der Waals surface area contributed by atoms with Crippen molar-refractivity contribution < 1.29 is 4.79 Å². The highest BCUT2D eigenvalue weighted by molar-refractivity contribution is 5.95. The smallest absolute Gasteiger partial charge is 0.241 e. The van der Waals surface area contributed by atoms with Gasteiger partial charge in [0.15, 0.2) is 0 Å². The molecular weight excluding hydrogens is 368 g/mol. The van der Waals surface area contributed by atoms with Crippen molar-refractivity contribution in [3.8, 4) is 5.69 Å². The molecule has 0 aliphatic carbocycles. The van der Waals surface area contributed by atoms with E-state index in [1.54, 1.807) is 4.68 Å². The predicted molar refractivity (Wildman–Crippen MR) is 109 cm³/mol. The number of hydrogen-bond acceptors (Lipinski definition) is 6. The topological polar surface area (TPSA) is 93.8 Å². The number of carbonyl (C=O) groups is 1. The number of rotatable bonds is 6. The lowest BCUT2D eigenvalue weighted by molar-refractivity contribution is -0.120. The molecule has 1 amide bonds. The van der Waals surface area contributed by atoms with Crippen LogP contribution in [0.3, 0.4) is 0 Å².